The van der Waals surface area contributed by atoms with Gasteiger partial charge in [-0.15, -0.1) is 0 Å². The Morgan fingerprint density at radius 2 is 2.18 bits per heavy atom. The van der Waals surface area contributed by atoms with Crippen LogP contribution in [0.3, 0.4) is 0 Å². The Bertz CT molecular complexity index is 527. The second-order valence-electron chi connectivity index (χ2n) is 5.11. The van der Waals surface area contributed by atoms with Gasteiger partial charge in [-0.3, -0.25) is 4.90 Å². The van der Waals surface area contributed by atoms with Crippen molar-refractivity contribution in [2.75, 3.05) is 6.54 Å². The fourth-order valence-corrected chi connectivity index (χ4v) is 2.82. The molecule has 3 rings (SSSR count). The average Bonchev–Trinajstić information content (AvgIpc) is 2.75. The van der Waals surface area contributed by atoms with E-state index in [0.717, 1.165) is 13.0 Å². The summed E-state index contributed by atoms with van der Waals surface area (Å²) in [5, 5.41) is 1.41. The lowest BCUT2D eigenvalue weighted by molar-refractivity contribution is 0.186. The van der Waals surface area contributed by atoms with Gasteiger partial charge in [0.2, 0.25) is 0 Å². The third-order valence-corrected chi connectivity index (χ3v) is 4.13. The zero-order valence-electron chi connectivity index (χ0n) is 10.7. The van der Waals surface area contributed by atoms with Crippen molar-refractivity contribution in [3.05, 3.63) is 35.5 Å². The van der Waals surface area contributed by atoms with Crippen LogP contribution < -0.4 is 0 Å². The Labute approximate surface area is 103 Å². The third-order valence-electron chi connectivity index (χ3n) is 4.13. The van der Waals surface area contributed by atoms with Crippen LogP contribution in [0.5, 0.6) is 0 Å². The Balaban J connectivity index is 2.00. The fraction of sp³-hybridized carbons (Fsp3) is 0.467. The molecule has 2 nitrogen and oxygen atoms in total. The van der Waals surface area contributed by atoms with E-state index in [1.54, 1.807) is 0 Å². The van der Waals surface area contributed by atoms with Gasteiger partial charge in [0.25, 0.3) is 0 Å². The molecule has 0 saturated heterocycles. The van der Waals surface area contributed by atoms with E-state index >= 15 is 0 Å². The summed E-state index contributed by atoms with van der Waals surface area (Å²) in [6, 6.07) is 9.36. The van der Waals surface area contributed by atoms with Gasteiger partial charge in [-0.2, -0.15) is 0 Å². The highest BCUT2D eigenvalue weighted by atomic mass is 15.2. The van der Waals surface area contributed by atoms with E-state index in [1.165, 1.54) is 35.1 Å². The van der Waals surface area contributed by atoms with E-state index in [-0.39, 0.29) is 0 Å². The molecule has 1 unspecified atom stereocenters. The van der Waals surface area contributed by atoms with Crippen LogP contribution in [-0.2, 0) is 13.0 Å². The molecule has 1 aromatic carbocycles. The summed E-state index contributed by atoms with van der Waals surface area (Å²) in [5.41, 5.74) is 4.27. The molecule has 0 amide bonds. The molecular weight excluding hydrogens is 208 g/mol. The van der Waals surface area contributed by atoms with Crippen molar-refractivity contribution in [3.8, 4) is 0 Å². The number of para-hydroxylation sites is 1. The number of benzene rings is 1. The van der Waals surface area contributed by atoms with Crippen molar-refractivity contribution in [2.24, 2.45) is 0 Å². The van der Waals surface area contributed by atoms with Crippen LogP contribution in [0.15, 0.2) is 24.3 Å². The fourth-order valence-electron chi connectivity index (χ4n) is 2.82. The quantitative estimate of drug-likeness (QED) is 0.835. The summed E-state index contributed by atoms with van der Waals surface area (Å²) >= 11 is 0. The minimum atomic E-state index is 0.691. The second-order valence-corrected chi connectivity index (χ2v) is 5.11. The van der Waals surface area contributed by atoms with E-state index in [0.29, 0.717) is 6.04 Å². The predicted molar refractivity (Wildman–Crippen MR) is 72.2 cm³/mol. The summed E-state index contributed by atoms with van der Waals surface area (Å²) in [4.78, 5) is 6.17. The molecule has 2 heterocycles. The van der Waals surface area contributed by atoms with E-state index in [1.807, 2.05) is 0 Å². The SMILES string of the molecule is CCC(C)N1CCc2[nH]c3ccccc3c2C1. The van der Waals surface area contributed by atoms with Gasteiger partial charge in [0.05, 0.1) is 0 Å². The van der Waals surface area contributed by atoms with E-state index in [4.69, 9.17) is 0 Å². The van der Waals surface area contributed by atoms with Crippen molar-refractivity contribution < 1.29 is 0 Å². The van der Waals surface area contributed by atoms with Crippen LogP contribution in [0.4, 0.5) is 0 Å². The minimum absolute atomic E-state index is 0.691. The molecule has 17 heavy (non-hydrogen) atoms. The van der Waals surface area contributed by atoms with Crippen LogP contribution in [0.2, 0.25) is 0 Å². The van der Waals surface area contributed by atoms with Crippen molar-refractivity contribution in [3.63, 3.8) is 0 Å². The Morgan fingerprint density at radius 1 is 1.35 bits per heavy atom. The molecule has 0 bridgehead atoms. The van der Waals surface area contributed by atoms with Gasteiger partial charge in [0.15, 0.2) is 0 Å². The highest BCUT2D eigenvalue weighted by Crippen LogP contribution is 2.28. The molecule has 1 atom stereocenters. The predicted octanol–water partition coefficient (Wildman–Crippen LogP) is 3.32. The Hall–Kier alpha value is -1.28. The lowest BCUT2D eigenvalue weighted by atomic mass is 10.0. The van der Waals surface area contributed by atoms with Crippen LogP contribution in [0.1, 0.15) is 31.5 Å². The summed E-state index contributed by atoms with van der Waals surface area (Å²) in [5.74, 6) is 0. The molecule has 1 aromatic heterocycles. The molecule has 2 heteroatoms. The number of H-pyrrole nitrogens is 1. The van der Waals surface area contributed by atoms with Gasteiger partial charge in [0.1, 0.15) is 0 Å². The number of nitrogens with one attached hydrogen (secondary N) is 1. The summed E-state index contributed by atoms with van der Waals surface area (Å²) in [6.45, 7) is 6.90. The maximum atomic E-state index is 3.57. The molecular formula is C15H20N2. The van der Waals surface area contributed by atoms with Crippen LogP contribution >= 0.6 is 0 Å². The van der Waals surface area contributed by atoms with Crippen LogP contribution in [-0.4, -0.2) is 22.5 Å². The first-order chi connectivity index (χ1) is 8.29. The molecule has 0 radical (unpaired) electrons. The van der Waals surface area contributed by atoms with Crippen LogP contribution in [0, 0.1) is 0 Å². The molecule has 1 aliphatic rings. The van der Waals surface area contributed by atoms with Gasteiger partial charge in [-0.05, 0) is 25.0 Å². The first-order valence-corrected chi connectivity index (χ1v) is 6.62. The molecule has 1 N–H and O–H groups in total. The highest BCUT2D eigenvalue weighted by Gasteiger charge is 2.22. The Kier molecular flexibility index (Phi) is 2.67. The monoisotopic (exact) mass is 228 g/mol. The maximum Gasteiger partial charge on any atom is 0.0459 e. The lowest BCUT2D eigenvalue weighted by Gasteiger charge is -2.32. The largest absolute Gasteiger partial charge is 0.358 e. The van der Waals surface area contributed by atoms with Gasteiger partial charge in [0, 0.05) is 42.1 Å². The third kappa shape index (κ3) is 1.77. The van der Waals surface area contributed by atoms with Crippen molar-refractivity contribution >= 4 is 10.9 Å². The van der Waals surface area contributed by atoms with Crippen LogP contribution in [0.25, 0.3) is 10.9 Å². The average molecular weight is 228 g/mol. The molecule has 0 spiro atoms. The van der Waals surface area contributed by atoms with Gasteiger partial charge >= 0.3 is 0 Å². The lowest BCUT2D eigenvalue weighted by Crippen LogP contribution is -2.37. The summed E-state index contributed by atoms with van der Waals surface area (Å²) < 4.78 is 0. The van der Waals surface area contributed by atoms with E-state index in [9.17, 15) is 0 Å². The van der Waals surface area contributed by atoms with E-state index < -0.39 is 0 Å². The van der Waals surface area contributed by atoms with Crippen molar-refractivity contribution in [1.29, 1.82) is 0 Å². The molecule has 0 aliphatic carbocycles. The molecule has 0 saturated carbocycles. The second kappa shape index (κ2) is 4.19. The number of rotatable bonds is 2. The number of aromatic nitrogens is 1. The highest BCUT2D eigenvalue weighted by molar-refractivity contribution is 5.84. The maximum absolute atomic E-state index is 3.57. The number of hydrogen-bond acceptors (Lipinski definition) is 1. The zero-order valence-corrected chi connectivity index (χ0v) is 10.7. The topological polar surface area (TPSA) is 19.0 Å². The minimum Gasteiger partial charge on any atom is -0.358 e. The Morgan fingerprint density at radius 3 is 3.00 bits per heavy atom. The number of aromatic amines is 1. The van der Waals surface area contributed by atoms with Gasteiger partial charge in [-0.25, -0.2) is 0 Å². The first-order valence-electron chi connectivity index (χ1n) is 6.62. The first kappa shape index (κ1) is 10.8. The molecule has 2 aromatic rings. The number of hydrogen-bond donors (Lipinski definition) is 1. The summed E-state index contributed by atoms with van der Waals surface area (Å²) in [7, 11) is 0. The standard InChI is InChI=1S/C15H20N2/c1-3-11(2)17-9-8-15-13(10-17)12-6-4-5-7-14(12)16-15/h4-7,11,16H,3,8-10H2,1-2H3. The van der Waals surface area contributed by atoms with Crippen molar-refractivity contribution in [2.45, 2.75) is 39.3 Å². The number of fused-ring (bicyclic) bond motifs is 3. The van der Waals surface area contributed by atoms with Gasteiger partial charge < -0.3 is 4.98 Å². The van der Waals surface area contributed by atoms with Gasteiger partial charge in [-0.1, -0.05) is 25.1 Å². The van der Waals surface area contributed by atoms with Crippen molar-refractivity contribution in [1.82, 2.24) is 9.88 Å². The molecule has 1 aliphatic heterocycles. The zero-order chi connectivity index (χ0) is 11.8. The smallest absolute Gasteiger partial charge is 0.0459 e. The molecule has 90 valence electrons. The molecule has 0 fully saturated rings. The summed E-state index contributed by atoms with van der Waals surface area (Å²) in [6.07, 6.45) is 2.39. The van der Waals surface area contributed by atoms with E-state index in [2.05, 4.69) is 48.0 Å². The normalized spacial score (nSPS) is 18.2. The number of nitrogens with zero attached hydrogens (tertiary/aromatic N) is 1.